The Morgan fingerprint density at radius 1 is 1.15 bits per heavy atom. The van der Waals surface area contributed by atoms with Crippen molar-refractivity contribution in [1.82, 2.24) is 19.9 Å². The van der Waals surface area contributed by atoms with E-state index in [1.54, 1.807) is 34.2 Å². The lowest BCUT2D eigenvalue weighted by Gasteiger charge is -2.31. The van der Waals surface area contributed by atoms with E-state index in [2.05, 4.69) is 10.2 Å². The van der Waals surface area contributed by atoms with Gasteiger partial charge in [0.15, 0.2) is 0 Å². The maximum atomic E-state index is 13.6. The summed E-state index contributed by atoms with van der Waals surface area (Å²) in [7, 11) is 0. The Morgan fingerprint density at radius 3 is 2.45 bits per heavy atom. The molecule has 6 heteroatoms. The summed E-state index contributed by atoms with van der Waals surface area (Å²) in [6, 6.07) is 6.32. The van der Waals surface area contributed by atoms with E-state index in [0.29, 0.717) is 13.1 Å². The molecule has 5 nitrogen and oxygen atoms in total. The van der Waals surface area contributed by atoms with Crippen LogP contribution in [0.15, 0.2) is 36.7 Å². The fourth-order valence-corrected chi connectivity index (χ4v) is 2.52. The number of piperidine rings is 1. The van der Waals surface area contributed by atoms with Gasteiger partial charge in [0.2, 0.25) is 0 Å². The fraction of sp³-hybridized carbons (Fsp3) is 0.357. The lowest BCUT2D eigenvalue weighted by molar-refractivity contribution is 0.0679. The van der Waals surface area contributed by atoms with Gasteiger partial charge in [0.25, 0.3) is 5.91 Å². The summed E-state index contributed by atoms with van der Waals surface area (Å²) in [5.41, 5.74) is 0.142. The van der Waals surface area contributed by atoms with Crippen molar-refractivity contribution in [3.05, 3.63) is 48.0 Å². The molecule has 0 saturated carbocycles. The van der Waals surface area contributed by atoms with E-state index in [-0.39, 0.29) is 17.5 Å². The van der Waals surface area contributed by atoms with E-state index in [9.17, 15) is 9.18 Å². The van der Waals surface area contributed by atoms with E-state index in [0.717, 1.165) is 12.8 Å². The van der Waals surface area contributed by atoms with Crippen LogP contribution in [0.3, 0.4) is 0 Å². The molecule has 0 N–H and O–H groups in total. The minimum absolute atomic E-state index is 0.142. The number of rotatable bonds is 2. The van der Waals surface area contributed by atoms with Crippen LogP contribution in [0.1, 0.15) is 29.2 Å². The van der Waals surface area contributed by atoms with E-state index in [1.807, 2.05) is 0 Å². The van der Waals surface area contributed by atoms with Crippen LogP contribution in [0.2, 0.25) is 0 Å². The van der Waals surface area contributed by atoms with Gasteiger partial charge in [-0.1, -0.05) is 12.1 Å². The van der Waals surface area contributed by atoms with Gasteiger partial charge in [-0.2, -0.15) is 15.0 Å². The second-order valence-electron chi connectivity index (χ2n) is 4.85. The molecular formula is C14H15FN4O. The van der Waals surface area contributed by atoms with Crippen LogP contribution < -0.4 is 0 Å². The van der Waals surface area contributed by atoms with Gasteiger partial charge in [-0.15, -0.1) is 0 Å². The summed E-state index contributed by atoms with van der Waals surface area (Å²) in [5, 5.41) is 8.25. The Bertz CT molecular complexity index is 591. The molecule has 0 spiro atoms. The molecule has 3 rings (SSSR count). The van der Waals surface area contributed by atoms with E-state index >= 15 is 0 Å². The molecule has 1 saturated heterocycles. The SMILES string of the molecule is O=C(c1ccccc1F)N1CCC(n2nccn2)CC1. The molecule has 104 valence electrons. The molecule has 1 aromatic heterocycles. The highest BCUT2D eigenvalue weighted by molar-refractivity contribution is 5.94. The Hall–Kier alpha value is -2.24. The number of nitrogens with zero attached hydrogens (tertiary/aromatic N) is 4. The van der Waals surface area contributed by atoms with E-state index < -0.39 is 5.82 Å². The van der Waals surface area contributed by atoms with Crippen LogP contribution >= 0.6 is 0 Å². The summed E-state index contributed by atoms with van der Waals surface area (Å²) in [6.45, 7) is 1.19. The number of hydrogen-bond acceptors (Lipinski definition) is 3. The van der Waals surface area contributed by atoms with Crippen LogP contribution in [0.25, 0.3) is 0 Å². The molecule has 1 fully saturated rings. The summed E-state index contributed by atoms with van der Waals surface area (Å²) >= 11 is 0. The van der Waals surface area contributed by atoms with Gasteiger partial charge in [0.1, 0.15) is 5.82 Å². The first-order valence-electron chi connectivity index (χ1n) is 6.65. The van der Waals surface area contributed by atoms with Crippen LogP contribution in [0.5, 0.6) is 0 Å². The normalized spacial score (nSPS) is 16.4. The van der Waals surface area contributed by atoms with Crippen molar-refractivity contribution in [3.8, 4) is 0 Å². The first kappa shape index (κ1) is 12.8. The number of hydrogen-bond donors (Lipinski definition) is 0. The summed E-state index contributed by atoms with van der Waals surface area (Å²) in [5.74, 6) is -0.705. The topological polar surface area (TPSA) is 51.0 Å². The molecule has 1 aliphatic heterocycles. The van der Waals surface area contributed by atoms with Crippen LogP contribution in [-0.4, -0.2) is 38.9 Å². The maximum absolute atomic E-state index is 13.6. The minimum Gasteiger partial charge on any atom is -0.338 e. The second kappa shape index (κ2) is 5.40. The monoisotopic (exact) mass is 274 g/mol. The maximum Gasteiger partial charge on any atom is 0.256 e. The first-order valence-corrected chi connectivity index (χ1v) is 6.65. The molecule has 20 heavy (non-hydrogen) atoms. The molecule has 2 heterocycles. The highest BCUT2D eigenvalue weighted by atomic mass is 19.1. The Kier molecular flexibility index (Phi) is 3.45. The van der Waals surface area contributed by atoms with Crippen molar-refractivity contribution in [3.63, 3.8) is 0 Å². The quantitative estimate of drug-likeness (QED) is 0.840. The third-order valence-corrected chi connectivity index (χ3v) is 3.62. The van der Waals surface area contributed by atoms with Crippen LogP contribution in [0, 0.1) is 5.82 Å². The average molecular weight is 274 g/mol. The predicted octanol–water partition coefficient (Wildman–Crippen LogP) is 1.89. The predicted molar refractivity (Wildman–Crippen MR) is 70.6 cm³/mol. The zero-order chi connectivity index (χ0) is 13.9. The Labute approximate surface area is 116 Å². The van der Waals surface area contributed by atoms with Gasteiger partial charge in [0.05, 0.1) is 24.0 Å². The lowest BCUT2D eigenvalue weighted by Crippen LogP contribution is -2.39. The summed E-state index contributed by atoms with van der Waals surface area (Å²) in [4.78, 5) is 15.6. The Balaban J connectivity index is 1.66. The molecular weight excluding hydrogens is 259 g/mol. The average Bonchev–Trinajstić information content (AvgIpc) is 3.01. The van der Waals surface area contributed by atoms with Crippen molar-refractivity contribution in [1.29, 1.82) is 0 Å². The van der Waals surface area contributed by atoms with Gasteiger partial charge < -0.3 is 4.90 Å². The summed E-state index contributed by atoms with van der Waals surface area (Å²) in [6.07, 6.45) is 4.87. The molecule has 0 atom stereocenters. The zero-order valence-electron chi connectivity index (χ0n) is 10.9. The number of carbonyl (C=O) groups excluding carboxylic acids is 1. The van der Waals surface area contributed by atoms with Crippen LogP contribution in [0.4, 0.5) is 4.39 Å². The highest BCUT2D eigenvalue weighted by Crippen LogP contribution is 2.22. The van der Waals surface area contributed by atoms with Gasteiger partial charge in [0, 0.05) is 13.1 Å². The molecule has 0 bridgehead atoms. The molecule has 1 amide bonds. The standard InChI is InChI=1S/C14H15FN4O/c15-13-4-2-1-3-12(13)14(20)18-9-5-11(6-10-18)19-16-7-8-17-19/h1-4,7-8,11H,5-6,9-10H2. The number of halogens is 1. The molecule has 0 radical (unpaired) electrons. The van der Waals surface area contributed by atoms with E-state index in [1.165, 1.54) is 12.1 Å². The van der Waals surface area contributed by atoms with E-state index in [4.69, 9.17) is 0 Å². The van der Waals surface area contributed by atoms with Gasteiger partial charge in [-0.05, 0) is 25.0 Å². The fourth-order valence-electron chi connectivity index (χ4n) is 2.52. The van der Waals surface area contributed by atoms with Gasteiger partial charge >= 0.3 is 0 Å². The molecule has 1 aliphatic rings. The highest BCUT2D eigenvalue weighted by Gasteiger charge is 2.26. The van der Waals surface area contributed by atoms with Gasteiger partial charge in [-0.25, -0.2) is 4.39 Å². The van der Waals surface area contributed by atoms with Crippen molar-refractivity contribution in [2.45, 2.75) is 18.9 Å². The minimum atomic E-state index is -0.464. The molecule has 2 aromatic rings. The molecule has 0 unspecified atom stereocenters. The van der Waals surface area contributed by atoms with Crippen molar-refractivity contribution >= 4 is 5.91 Å². The zero-order valence-corrected chi connectivity index (χ0v) is 10.9. The summed E-state index contributed by atoms with van der Waals surface area (Å²) < 4.78 is 13.6. The van der Waals surface area contributed by atoms with Crippen molar-refractivity contribution in [2.24, 2.45) is 0 Å². The largest absolute Gasteiger partial charge is 0.338 e. The molecule has 0 aliphatic carbocycles. The third-order valence-electron chi connectivity index (χ3n) is 3.62. The number of amides is 1. The van der Waals surface area contributed by atoms with Gasteiger partial charge in [-0.3, -0.25) is 4.79 Å². The van der Waals surface area contributed by atoms with Crippen molar-refractivity contribution in [2.75, 3.05) is 13.1 Å². The molecule has 1 aromatic carbocycles. The van der Waals surface area contributed by atoms with Crippen LogP contribution in [-0.2, 0) is 0 Å². The number of aromatic nitrogens is 3. The third kappa shape index (κ3) is 2.41. The number of likely N-dealkylation sites (tertiary alicyclic amines) is 1. The number of carbonyl (C=O) groups is 1. The first-order chi connectivity index (χ1) is 9.75. The number of benzene rings is 1. The smallest absolute Gasteiger partial charge is 0.256 e. The Morgan fingerprint density at radius 2 is 1.80 bits per heavy atom. The lowest BCUT2D eigenvalue weighted by atomic mass is 10.0. The van der Waals surface area contributed by atoms with Crippen molar-refractivity contribution < 1.29 is 9.18 Å². The second-order valence-corrected chi connectivity index (χ2v) is 4.85.